The average molecular weight is 402 g/mol. The predicted octanol–water partition coefficient (Wildman–Crippen LogP) is 2.90. The summed E-state index contributed by atoms with van der Waals surface area (Å²) in [5.41, 5.74) is 1.74. The lowest BCUT2D eigenvalue weighted by Gasteiger charge is -2.03. The van der Waals surface area contributed by atoms with Crippen molar-refractivity contribution in [2.45, 2.75) is 24.8 Å². The van der Waals surface area contributed by atoms with Gasteiger partial charge in [-0.05, 0) is 36.3 Å². The molecule has 3 aromatic rings. The molecule has 2 N–H and O–H groups in total. The van der Waals surface area contributed by atoms with E-state index in [0.29, 0.717) is 16.0 Å². The van der Waals surface area contributed by atoms with E-state index in [1.165, 1.54) is 29.5 Å². The first-order valence-electron chi connectivity index (χ1n) is 8.36. The van der Waals surface area contributed by atoms with Gasteiger partial charge in [0, 0.05) is 12.6 Å². The topological polar surface area (TPSA) is 94.5 Å². The van der Waals surface area contributed by atoms with Gasteiger partial charge in [0.2, 0.25) is 10.0 Å². The Morgan fingerprint density at radius 1 is 1.22 bits per heavy atom. The molecule has 6 nitrogen and oxygen atoms in total. The van der Waals surface area contributed by atoms with E-state index in [9.17, 15) is 13.2 Å². The summed E-state index contributed by atoms with van der Waals surface area (Å²) in [5.74, 6) is -0.373. The van der Waals surface area contributed by atoms with Gasteiger partial charge in [-0.25, -0.2) is 13.6 Å². The summed E-state index contributed by atoms with van der Waals surface area (Å²) >= 11 is 1.27. The molecule has 0 unspecified atom stereocenters. The fourth-order valence-corrected chi connectivity index (χ4v) is 4.33. The van der Waals surface area contributed by atoms with Gasteiger partial charge in [0.1, 0.15) is 0 Å². The van der Waals surface area contributed by atoms with Crippen molar-refractivity contribution in [3.05, 3.63) is 65.0 Å². The second-order valence-electron chi connectivity index (χ2n) is 5.90. The van der Waals surface area contributed by atoms with Gasteiger partial charge in [-0.1, -0.05) is 48.6 Å². The van der Waals surface area contributed by atoms with Crippen LogP contribution in [0.2, 0.25) is 0 Å². The number of benzene rings is 2. The number of aromatic nitrogens is 1. The summed E-state index contributed by atoms with van der Waals surface area (Å²) in [6.45, 7) is 2.69. The molecule has 2 aromatic carbocycles. The quantitative estimate of drug-likeness (QED) is 0.666. The van der Waals surface area contributed by atoms with Crippen molar-refractivity contribution >= 4 is 43.6 Å². The summed E-state index contributed by atoms with van der Waals surface area (Å²) in [4.78, 5) is 17.0. The molecule has 0 atom stereocenters. The number of rotatable bonds is 5. The molecule has 0 fully saturated rings. The molecule has 3 rings (SSSR count). The molecule has 0 bridgehead atoms. The average Bonchev–Trinajstić information content (AvgIpc) is 2.97. The molecule has 27 heavy (non-hydrogen) atoms. The Morgan fingerprint density at radius 2 is 1.96 bits per heavy atom. The van der Waals surface area contributed by atoms with Crippen LogP contribution in [0.3, 0.4) is 0 Å². The molecule has 0 aliphatic rings. The number of aryl methyl sites for hydroxylation is 1. The zero-order chi connectivity index (χ0) is 19.4. The number of nitrogens with two attached hydrogens (primary N) is 1. The van der Waals surface area contributed by atoms with Crippen LogP contribution in [-0.2, 0) is 21.4 Å². The Morgan fingerprint density at radius 3 is 2.63 bits per heavy atom. The van der Waals surface area contributed by atoms with Crippen LogP contribution in [0, 0.1) is 0 Å². The maximum absolute atomic E-state index is 12.3. The minimum Gasteiger partial charge on any atom is -0.316 e. The Hall–Kier alpha value is -2.55. The first-order valence-corrected chi connectivity index (χ1v) is 10.7. The number of carbonyl (C=O) groups excluding carboxylic acids is 1. The maximum atomic E-state index is 12.3. The van der Waals surface area contributed by atoms with E-state index in [1.54, 1.807) is 12.1 Å². The van der Waals surface area contributed by atoms with Crippen LogP contribution in [0.5, 0.6) is 0 Å². The fraction of sp³-hybridized carbons (Fsp3) is 0.158. The standard InChI is InChI=1S/C19H19N3O3S2/c1-2-12-22-16-10-9-15(27(20,24)25)13-17(16)26-19(22)21-18(23)11-8-14-6-4-3-5-7-14/h3-11,13H,2,12H2,1H3,(H2,20,24,25)/b11-8+,21-19?. The zero-order valence-electron chi connectivity index (χ0n) is 14.7. The van der Waals surface area contributed by atoms with Crippen molar-refractivity contribution in [1.29, 1.82) is 0 Å². The minimum absolute atomic E-state index is 0.0433. The third-order valence-electron chi connectivity index (χ3n) is 3.85. The molecule has 140 valence electrons. The monoisotopic (exact) mass is 401 g/mol. The lowest BCUT2D eigenvalue weighted by Crippen LogP contribution is -2.16. The van der Waals surface area contributed by atoms with E-state index in [4.69, 9.17) is 5.14 Å². The van der Waals surface area contributed by atoms with Gasteiger partial charge in [-0.15, -0.1) is 0 Å². The normalized spacial score (nSPS) is 12.9. The second kappa shape index (κ2) is 7.99. The van der Waals surface area contributed by atoms with E-state index >= 15 is 0 Å². The van der Waals surface area contributed by atoms with Gasteiger partial charge in [0.15, 0.2) is 4.80 Å². The van der Waals surface area contributed by atoms with Crippen molar-refractivity contribution < 1.29 is 13.2 Å². The van der Waals surface area contributed by atoms with Crippen LogP contribution < -0.4 is 9.94 Å². The molecule has 0 aliphatic carbocycles. The van der Waals surface area contributed by atoms with Crippen LogP contribution in [0.4, 0.5) is 0 Å². The van der Waals surface area contributed by atoms with Crippen LogP contribution in [0.1, 0.15) is 18.9 Å². The lowest BCUT2D eigenvalue weighted by atomic mass is 10.2. The maximum Gasteiger partial charge on any atom is 0.272 e. The third-order valence-corrected chi connectivity index (χ3v) is 5.81. The van der Waals surface area contributed by atoms with Crippen LogP contribution in [0.25, 0.3) is 16.3 Å². The third kappa shape index (κ3) is 4.60. The van der Waals surface area contributed by atoms with Gasteiger partial charge < -0.3 is 4.57 Å². The number of thiazole rings is 1. The molecule has 0 saturated heterocycles. The highest BCUT2D eigenvalue weighted by Gasteiger charge is 2.12. The van der Waals surface area contributed by atoms with E-state index in [1.807, 2.05) is 41.8 Å². The molecule has 0 radical (unpaired) electrons. The molecule has 8 heteroatoms. The summed E-state index contributed by atoms with van der Waals surface area (Å²) < 4.78 is 25.8. The van der Waals surface area contributed by atoms with Crippen molar-refractivity contribution in [2.75, 3.05) is 0 Å². The molecular formula is C19H19N3O3S2. The minimum atomic E-state index is -3.78. The van der Waals surface area contributed by atoms with E-state index < -0.39 is 10.0 Å². The Labute approximate surface area is 161 Å². The lowest BCUT2D eigenvalue weighted by molar-refractivity contribution is -0.113. The smallest absolute Gasteiger partial charge is 0.272 e. The summed E-state index contributed by atoms with van der Waals surface area (Å²) in [5, 5.41) is 5.21. The molecule has 1 amide bonds. The summed E-state index contributed by atoms with van der Waals surface area (Å²) in [6, 6.07) is 14.2. The van der Waals surface area contributed by atoms with E-state index in [-0.39, 0.29) is 10.8 Å². The number of nitrogens with zero attached hydrogens (tertiary/aromatic N) is 2. The fourth-order valence-electron chi connectivity index (χ4n) is 2.62. The largest absolute Gasteiger partial charge is 0.316 e. The number of sulfonamides is 1. The highest BCUT2D eigenvalue weighted by Crippen LogP contribution is 2.21. The molecule has 1 heterocycles. The van der Waals surface area contributed by atoms with Crippen molar-refractivity contribution in [3.63, 3.8) is 0 Å². The first kappa shape index (κ1) is 19.2. The predicted molar refractivity (Wildman–Crippen MR) is 108 cm³/mol. The summed E-state index contributed by atoms with van der Waals surface area (Å²) in [6.07, 6.45) is 3.98. The van der Waals surface area contributed by atoms with Crippen molar-refractivity contribution in [1.82, 2.24) is 4.57 Å². The molecular weight excluding hydrogens is 382 g/mol. The first-order chi connectivity index (χ1) is 12.9. The Kier molecular flexibility index (Phi) is 5.69. The molecule has 0 spiro atoms. The van der Waals surface area contributed by atoms with Crippen molar-refractivity contribution in [2.24, 2.45) is 10.1 Å². The van der Waals surface area contributed by atoms with E-state index in [0.717, 1.165) is 17.5 Å². The number of primary sulfonamides is 1. The van der Waals surface area contributed by atoms with Crippen LogP contribution in [-0.4, -0.2) is 18.9 Å². The van der Waals surface area contributed by atoms with Gasteiger partial charge in [0.25, 0.3) is 5.91 Å². The Balaban J connectivity index is 2.03. The summed E-state index contributed by atoms with van der Waals surface area (Å²) in [7, 11) is -3.78. The molecule has 0 saturated carbocycles. The van der Waals surface area contributed by atoms with Gasteiger partial charge in [-0.3, -0.25) is 4.79 Å². The highest BCUT2D eigenvalue weighted by molar-refractivity contribution is 7.89. The van der Waals surface area contributed by atoms with Crippen LogP contribution >= 0.6 is 11.3 Å². The molecule has 1 aromatic heterocycles. The van der Waals surface area contributed by atoms with Crippen LogP contribution in [0.15, 0.2) is 64.5 Å². The van der Waals surface area contributed by atoms with Gasteiger partial charge in [-0.2, -0.15) is 4.99 Å². The second-order valence-corrected chi connectivity index (χ2v) is 8.48. The number of carbonyl (C=O) groups is 1. The van der Waals surface area contributed by atoms with Crippen molar-refractivity contribution in [3.8, 4) is 0 Å². The zero-order valence-corrected chi connectivity index (χ0v) is 16.3. The SMILES string of the molecule is CCCn1c(=NC(=O)/C=C/c2ccccc2)sc2cc(S(N)(=O)=O)ccc21. The number of hydrogen-bond donors (Lipinski definition) is 1. The Bertz CT molecular complexity index is 1170. The van der Waals surface area contributed by atoms with E-state index in [2.05, 4.69) is 4.99 Å². The number of amides is 1. The molecule has 0 aliphatic heterocycles. The van der Waals surface area contributed by atoms with Gasteiger partial charge >= 0.3 is 0 Å². The number of fused-ring (bicyclic) bond motifs is 1. The highest BCUT2D eigenvalue weighted by atomic mass is 32.2. The van der Waals surface area contributed by atoms with Gasteiger partial charge in [0.05, 0.1) is 15.1 Å². The number of hydrogen-bond acceptors (Lipinski definition) is 4.